The maximum Gasteiger partial charge on any atom is 0.401 e. The van der Waals surface area contributed by atoms with Crippen LogP contribution in [0, 0.1) is 0 Å². The second-order valence-electron chi connectivity index (χ2n) is 5.46. The molecule has 0 spiro atoms. The Morgan fingerprint density at radius 3 is 2.43 bits per heavy atom. The monoisotopic (exact) mass is 321 g/mol. The van der Waals surface area contributed by atoms with Crippen molar-refractivity contribution < 1.29 is 13.2 Å². The van der Waals surface area contributed by atoms with Crippen LogP contribution in [0.3, 0.4) is 0 Å². The first-order chi connectivity index (χ1) is 9.90. The third-order valence-electron chi connectivity index (χ3n) is 3.91. The smallest absolute Gasteiger partial charge is 0.326 e. The molecule has 1 saturated heterocycles. The lowest BCUT2D eigenvalue weighted by Crippen LogP contribution is -2.52. The van der Waals surface area contributed by atoms with Crippen molar-refractivity contribution in [3.8, 4) is 0 Å². The van der Waals surface area contributed by atoms with E-state index >= 15 is 0 Å². The van der Waals surface area contributed by atoms with E-state index in [2.05, 4.69) is 11.0 Å². The van der Waals surface area contributed by atoms with Gasteiger partial charge in [-0.2, -0.15) is 13.2 Å². The molecule has 3 nitrogen and oxygen atoms in total. The Labute approximate surface area is 127 Å². The van der Waals surface area contributed by atoms with E-state index in [1.54, 1.807) is 11.3 Å². The van der Waals surface area contributed by atoms with Crippen LogP contribution in [0.1, 0.15) is 24.3 Å². The number of nitrogens with zero attached hydrogens (tertiary/aromatic N) is 2. The van der Waals surface area contributed by atoms with E-state index in [1.807, 2.05) is 18.4 Å². The van der Waals surface area contributed by atoms with Crippen molar-refractivity contribution in [1.29, 1.82) is 0 Å². The van der Waals surface area contributed by atoms with E-state index < -0.39 is 12.7 Å². The van der Waals surface area contributed by atoms with Crippen LogP contribution in [0.15, 0.2) is 17.5 Å². The Morgan fingerprint density at radius 1 is 1.29 bits per heavy atom. The molecule has 0 saturated carbocycles. The summed E-state index contributed by atoms with van der Waals surface area (Å²) in [5.74, 6) is 0. The quantitative estimate of drug-likeness (QED) is 0.905. The Kier molecular flexibility index (Phi) is 5.65. The molecular weight excluding hydrogens is 299 g/mol. The maximum absolute atomic E-state index is 12.4. The standard InChI is InChI=1S/C14H22F3N3S/c1-2-11(18)13(12-4-3-9-21-12)20-7-5-19(6-8-20)10-14(15,16)17/h3-4,9,11,13H,2,5-8,10,18H2,1H3. The first kappa shape index (κ1) is 16.7. The van der Waals surface area contributed by atoms with Gasteiger partial charge in [0.2, 0.25) is 0 Å². The van der Waals surface area contributed by atoms with Crippen LogP contribution in [0.5, 0.6) is 0 Å². The summed E-state index contributed by atoms with van der Waals surface area (Å²) in [4.78, 5) is 4.90. The SMILES string of the molecule is CCC(N)C(c1cccs1)N1CCN(CC(F)(F)F)CC1. The molecule has 0 amide bonds. The molecule has 0 radical (unpaired) electrons. The molecule has 1 fully saturated rings. The average Bonchev–Trinajstić information content (AvgIpc) is 2.93. The number of halogens is 3. The highest BCUT2D eigenvalue weighted by Crippen LogP contribution is 2.30. The molecule has 2 rings (SSSR count). The van der Waals surface area contributed by atoms with Gasteiger partial charge in [0.25, 0.3) is 0 Å². The molecule has 7 heteroatoms. The van der Waals surface area contributed by atoms with E-state index in [4.69, 9.17) is 5.73 Å². The molecular formula is C14H22F3N3S. The zero-order valence-electron chi connectivity index (χ0n) is 12.1. The zero-order chi connectivity index (χ0) is 15.5. The molecule has 2 N–H and O–H groups in total. The Morgan fingerprint density at radius 2 is 1.95 bits per heavy atom. The van der Waals surface area contributed by atoms with Crippen molar-refractivity contribution in [2.24, 2.45) is 5.73 Å². The fourth-order valence-electron chi connectivity index (χ4n) is 2.80. The van der Waals surface area contributed by atoms with Crippen molar-refractivity contribution in [1.82, 2.24) is 9.80 Å². The minimum Gasteiger partial charge on any atom is -0.326 e. The number of hydrogen-bond donors (Lipinski definition) is 1. The van der Waals surface area contributed by atoms with Gasteiger partial charge >= 0.3 is 6.18 Å². The highest BCUT2D eigenvalue weighted by atomic mass is 32.1. The summed E-state index contributed by atoms with van der Waals surface area (Å²) in [5.41, 5.74) is 6.25. The molecule has 21 heavy (non-hydrogen) atoms. The van der Waals surface area contributed by atoms with Crippen LogP contribution < -0.4 is 5.73 Å². The largest absolute Gasteiger partial charge is 0.401 e. The molecule has 0 aromatic carbocycles. The Balaban J connectivity index is 1.98. The van der Waals surface area contributed by atoms with Crippen molar-refractivity contribution in [2.75, 3.05) is 32.7 Å². The summed E-state index contributed by atoms with van der Waals surface area (Å²) >= 11 is 1.66. The lowest BCUT2D eigenvalue weighted by Gasteiger charge is -2.41. The van der Waals surface area contributed by atoms with Crippen molar-refractivity contribution >= 4 is 11.3 Å². The number of piperazine rings is 1. The van der Waals surface area contributed by atoms with Crippen LogP contribution >= 0.6 is 11.3 Å². The Bertz CT molecular complexity index is 414. The predicted molar refractivity (Wildman–Crippen MR) is 79.4 cm³/mol. The van der Waals surface area contributed by atoms with E-state index in [1.165, 1.54) is 9.78 Å². The summed E-state index contributed by atoms with van der Waals surface area (Å²) in [6.45, 7) is 3.38. The fraction of sp³-hybridized carbons (Fsp3) is 0.714. The van der Waals surface area contributed by atoms with E-state index in [0.29, 0.717) is 26.2 Å². The minimum absolute atomic E-state index is 0.0119. The van der Waals surface area contributed by atoms with Gasteiger partial charge in [-0.1, -0.05) is 13.0 Å². The van der Waals surface area contributed by atoms with Gasteiger partial charge in [0.05, 0.1) is 12.6 Å². The topological polar surface area (TPSA) is 32.5 Å². The van der Waals surface area contributed by atoms with E-state index in [0.717, 1.165) is 6.42 Å². The average molecular weight is 321 g/mol. The van der Waals surface area contributed by atoms with Crippen LogP contribution in [0.4, 0.5) is 13.2 Å². The van der Waals surface area contributed by atoms with Crippen molar-refractivity contribution in [3.05, 3.63) is 22.4 Å². The molecule has 1 aromatic rings. The van der Waals surface area contributed by atoms with Gasteiger partial charge < -0.3 is 5.73 Å². The van der Waals surface area contributed by atoms with Crippen LogP contribution in [0.25, 0.3) is 0 Å². The van der Waals surface area contributed by atoms with E-state index in [-0.39, 0.29) is 12.1 Å². The third-order valence-corrected chi connectivity index (χ3v) is 4.86. The zero-order valence-corrected chi connectivity index (χ0v) is 13.0. The molecule has 1 aromatic heterocycles. The maximum atomic E-state index is 12.4. The molecule has 1 aliphatic heterocycles. The number of alkyl halides is 3. The lowest BCUT2D eigenvalue weighted by molar-refractivity contribution is -0.150. The molecule has 120 valence electrons. The molecule has 1 aliphatic rings. The van der Waals surface area contributed by atoms with E-state index in [9.17, 15) is 13.2 Å². The van der Waals surface area contributed by atoms with Gasteiger partial charge in [-0.05, 0) is 17.9 Å². The fourth-order valence-corrected chi connectivity index (χ4v) is 3.73. The lowest BCUT2D eigenvalue weighted by atomic mass is 10.0. The first-order valence-electron chi connectivity index (χ1n) is 7.23. The number of thiophene rings is 1. The van der Waals surface area contributed by atoms with Crippen molar-refractivity contribution in [3.63, 3.8) is 0 Å². The number of rotatable bonds is 5. The van der Waals surface area contributed by atoms with Crippen LogP contribution in [0.2, 0.25) is 0 Å². The molecule has 0 bridgehead atoms. The van der Waals surface area contributed by atoms with Gasteiger partial charge in [0.15, 0.2) is 0 Å². The third kappa shape index (κ3) is 4.67. The predicted octanol–water partition coefficient (Wildman–Crippen LogP) is 2.71. The molecule has 2 heterocycles. The van der Waals surface area contributed by atoms with Gasteiger partial charge in [-0.3, -0.25) is 9.80 Å². The van der Waals surface area contributed by atoms with Gasteiger partial charge in [0.1, 0.15) is 0 Å². The van der Waals surface area contributed by atoms with Gasteiger partial charge in [0, 0.05) is 37.1 Å². The van der Waals surface area contributed by atoms with Gasteiger partial charge in [-0.25, -0.2) is 0 Å². The summed E-state index contributed by atoms with van der Waals surface area (Å²) in [7, 11) is 0. The van der Waals surface area contributed by atoms with Crippen molar-refractivity contribution in [2.45, 2.75) is 31.6 Å². The second kappa shape index (κ2) is 7.09. The normalized spacial score (nSPS) is 21.4. The highest BCUT2D eigenvalue weighted by Gasteiger charge is 2.34. The summed E-state index contributed by atoms with van der Waals surface area (Å²) in [5, 5.41) is 2.02. The minimum atomic E-state index is -4.12. The molecule has 0 aliphatic carbocycles. The Hall–Kier alpha value is -0.630. The number of nitrogens with two attached hydrogens (primary N) is 1. The van der Waals surface area contributed by atoms with Crippen LogP contribution in [-0.4, -0.2) is 54.7 Å². The van der Waals surface area contributed by atoms with Crippen LogP contribution in [-0.2, 0) is 0 Å². The highest BCUT2D eigenvalue weighted by molar-refractivity contribution is 7.10. The molecule has 2 atom stereocenters. The summed E-state index contributed by atoms with van der Waals surface area (Å²) in [6, 6.07) is 4.18. The number of hydrogen-bond acceptors (Lipinski definition) is 4. The second-order valence-corrected chi connectivity index (χ2v) is 6.44. The summed E-state index contributed by atoms with van der Waals surface area (Å²) in [6.07, 6.45) is -3.26. The first-order valence-corrected chi connectivity index (χ1v) is 8.11. The summed E-state index contributed by atoms with van der Waals surface area (Å²) < 4.78 is 37.3. The van der Waals surface area contributed by atoms with Gasteiger partial charge in [-0.15, -0.1) is 11.3 Å². The molecule has 2 unspecified atom stereocenters.